The zero-order valence-corrected chi connectivity index (χ0v) is 28.8. The average Bonchev–Trinajstić information content (AvgIpc) is 2.96. The zero-order chi connectivity index (χ0) is 32.7. The molecule has 3 amide bonds. The number of nitrogens with zero attached hydrogens (tertiary/aromatic N) is 1. The minimum Gasteiger partial charge on any atom is -0.497 e. The molecule has 0 spiro atoms. The van der Waals surface area contributed by atoms with Crippen LogP contribution in [0.4, 0.5) is 10.5 Å². The van der Waals surface area contributed by atoms with Crippen molar-refractivity contribution in [2.24, 2.45) is 0 Å². The Morgan fingerprint density at radius 1 is 0.932 bits per heavy atom. The highest BCUT2D eigenvalue weighted by Crippen LogP contribution is 2.31. The monoisotopic (exact) mass is 627 g/mol. The Labute approximate surface area is 269 Å². The van der Waals surface area contributed by atoms with E-state index in [4.69, 9.17) is 9.47 Å². The molecule has 0 aliphatic carbocycles. The Bertz CT molecular complexity index is 1180. The van der Waals surface area contributed by atoms with Crippen LogP contribution < -0.4 is 15.4 Å². The zero-order valence-electron chi connectivity index (χ0n) is 28.0. The number of ether oxygens (including phenoxy) is 2. The van der Waals surface area contributed by atoms with Crippen LogP contribution in [0.2, 0.25) is 0 Å². The Kier molecular flexibility index (Phi) is 15.6. The van der Waals surface area contributed by atoms with Gasteiger partial charge in [-0.2, -0.15) is 11.8 Å². The number of amides is 3. The molecule has 0 bridgehead atoms. The maximum Gasteiger partial charge on any atom is 0.408 e. The van der Waals surface area contributed by atoms with Gasteiger partial charge in [-0.1, -0.05) is 57.2 Å². The third-order valence-corrected chi connectivity index (χ3v) is 8.01. The van der Waals surface area contributed by atoms with Gasteiger partial charge in [0.05, 0.1) is 7.11 Å². The average molecular weight is 628 g/mol. The van der Waals surface area contributed by atoms with Gasteiger partial charge < -0.3 is 25.0 Å². The van der Waals surface area contributed by atoms with E-state index in [1.165, 1.54) is 6.42 Å². The molecule has 0 aliphatic rings. The number of aryl methyl sites for hydroxylation is 2. The summed E-state index contributed by atoms with van der Waals surface area (Å²) in [6.07, 6.45) is 7.94. The fraction of sp³-hybridized carbons (Fsp3) is 0.571. The SMILES string of the molecule is CCCCCCCCN(C(=O)C(CCSC)NC(=O)OC(C)(C)C)C(C(=O)Nc1ccc(OC)cc1)c1c(C)cccc1C. The lowest BCUT2D eigenvalue weighted by Gasteiger charge is -2.36. The first-order chi connectivity index (χ1) is 20.9. The molecule has 0 saturated heterocycles. The number of hydrogen-bond donors (Lipinski definition) is 2. The van der Waals surface area contributed by atoms with Crippen molar-refractivity contribution in [1.82, 2.24) is 10.2 Å². The number of benzene rings is 2. The van der Waals surface area contributed by atoms with Gasteiger partial charge in [0.2, 0.25) is 5.91 Å². The quantitative estimate of drug-likeness (QED) is 0.174. The molecule has 2 atom stereocenters. The third kappa shape index (κ3) is 12.1. The van der Waals surface area contributed by atoms with Crippen LogP contribution in [0, 0.1) is 13.8 Å². The van der Waals surface area contributed by atoms with Crippen molar-refractivity contribution in [3.63, 3.8) is 0 Å². The van der Waals surface area contributed by atoms with Crippen LogP contribution in [-0.4, -0.2) is 60.1 Å². The van der Waals surface area contributed by atoms with Gasteiger partial charge in [0.25, 0.3) is 5.91 Å². The topological polar surface area (TPSA) is 97.0 Å². The number of nitrogens with one attached hydrogen (secondary N) is 2. The van der Waals surface area contributed by atoms with E-state index in [1.807, 2.05) is 38.3 Å². The third-order valence-electron chi connectivity index (χ3n) is 7.37. The maximum atomic E-state index is 14.5. The highest BCUT2D eigenvalue weighted by atomic mass is 32.2. The molecular formula is C35H53N3O5S. The second kappa shape index (κ2) is 18.6. The summed E-state index contributed by atoms with van der Waals surface area (Å²) in [4.78, 5) is 43.4. The Balaban J connectivity index is 2.56. The smallest absolute Gasteiger partial charge is 0.408 e. The Hall–Kier alpha value is -3.20. The molecule has 2 N–H and O–H groups in total. The minimum atomic E-state index is -0.904. The van der Waals surface area contributed by atoms with E-state index in [9.17, 15) is 14.4 Å². The van der Waals surface area contributed by atoms with Crippen LogP contribution in [-0.2, 0) is 14.3 Å². The van der Waals surface area contributed by atoms with Gasteiger partial charge in [-0.25, -0.2) is 4.79 Å². The fourth-order valence-electron chi connectivity index (χ4n) is 5.14. The van der Waals surface area contributed by atoms with E-state index in [1.54, 1.807) is 68.8 Å². The molecule has 0 heterocycles. The van der Waals surface area contributed by atoms with Crippen molar-refractivity contribution in [3.05, 3.63) is 59.2 Å². The molecule has 0 fully saturated rings. The number of alkyl carbamates (subject to hydrolysis) is 1. The van der Waals surface area contributed by atoms with E-state index < -0.39 is 23.8 Å². The van der Waals surface area contributed by atoms with Crippen LogP contribution in [0.15, 0.2) is 42.5 Å². The van der Waals surface area contributed by atoms with Crippen LogP contribution in [0.3, 0.4) is 0 Å². The van der Waals surface area contributed by atoms with Crippen molar-refractivity contribution in [3.8, 4) is 5.75 Å². The molecule has 2 aromatic carbocycles. The van der Waals surface area contributed by atoms with Crippen LogP contribution >= 0.6 is 11.8 Å². The van der Waals surface area contributed by atoms with Gasteiger partial charge in [0.1, 0.15) is 23.4 Å². The van der Waals surface area contributed by atoms with E-state index in [2.05, 4.69) is 17.6 Å². The molecule has 244 valence electrons. The predicted octanol–water partition coefficient (Wildman–Crippen LogP) is 7.83. The lowest BCUT2D eigenvalue weighted by atomic mass is 9.93. The van der Waals surface area contributed by atoms with E-state index in [0.717, 1.165) is 48.8 Å². The predicted molar refractivity (Wildman–Crippen MR) is 182 cm³/mol. The fourth-order valence-corrected chi connectivity index (χ4v) is 5.62. The number of anilines is 1. The molecule has 2 rings (SSSR count). The second-order valence-corrected chi connectivity index (χ2v) is 13.2. The van der Waals surface area contributed by atoms with Crippen molar-refractivity contribution in [1.29, 1.82) is 0 Å². The molecule has 0 aromatic heterocycles. The van der Waals surface area contributed by atoms with Crippen molar-refractivity contribution in [2.45, 2.75) is 104 Å². The summed E-state index contributed by atoms with van der Waals surface area (Å²) >= 11 is 1.60. The van der Waals surface area contributed by atoms with Gasteiger partial charge in [-0.3, -0.25) is 9.59 Å². The van der Waals surface area contributed by atoms with Crippen molar-refractivity contribution < 1.29 is 23.9 Å². The molecule has 0 aliphatic heterocycles. The molecule has 44 heavy (non-hydrogen) atoms. The number of hydrogen-bond acceptors (Lipinski definition) is 6. The van der Waals surface area contributed by atoms with Gasteiger partial charge >= 0.3 is 6.09 Å². The van der Waals surface area contributed by atoms with Gasteiger partial charge in [0, 0.05) is 12.2 Å². The first kappa shape index (κ1) is 37.0. The summed E-state index contributed by atoms with van der Waals surface area (Å²) < 4.78 is 10.8. The Morgan fingerprint density at radius 3 is 2.11 bits per heavy atom. The van der Waals surface area contributed by atoms with Crippen molar-refractivity contribution >= 4 is 35.4 Å². The maximum absolute atomic E-state index is 14.5. The molecule has 2 aromatic rings. The largest absolute Gasteiger partial charge is 0.497 e. The summed E-state index contributed by atoms with van der Waals surface area (Å²) in [5.74, 6) is 0.728. The molecule has 9 heteroatoms. The number of carbonyl (C=O) groups excluding carboxylic acids is 3. The van der Waals surface area contributed by atoms with Crippen LogP contribution in [0.25, 0.3) is 0 Å². The number of unbranched alkanes of at least 4 members (excludes halogenated alkanes) is 5. The van der Waals surface area contributed by atoms with E-state index in [-0.39, 0.29) is 11.8 Å². The standard InChI is InChI=1S/C35H53N3O5S/c1-9-10-11-12-13-14-23-38(33(40)29(22-24-44-8)37-34(41)43-35(4,5)6)31(30-25(2)16-15-17-26(30)3)32(39)36-27-18-20-28(42-7)21-19-27/h15-21,29,31H,9-14,22-24H2,1-8H3,(H,36,39)(H,37,41). The number of thioether (sulfide) groups is 1. The van der Waals surface area contributed by atoms with Gasteiger partial charge in [-0.15, -0.1) is 0 Å². The highest BCUT2D eigenvalue weighted by Gasteiger charge is 2.37. The summed E-state index contributed by atoms with van der Waals surface area (Å²) in [5, 5.41) is 5.88. The summed E-state index contributed by atoms with van der Waals surface area (Å²) in [5.41, 5.74) is 2.51. The molecule has 0 saturated carbocycles. The number of methoxy groups -OCH3 is 1. The molecular weight excluding hydrogens is 574 g/mol. The summed E-state index contributed by atoms with van der Waals surface area (Å²) in [7, 11) is 1.59. The number of carbonyl (C=O) groups is 3. The summed E-state index contributed by atoms with van der Waals surface area (Å²) in [6.45, 7) is 11.9. The van der Waals surface area contributed by atoms with Gasteiger partial charge in [0.15, 0.2) is 0 Å². The first-order valence-electron chi connectivity index (χ1n) is 15.7. The van der Waals surface area contributed by atoms with Crippen molar-refractivity contribution in [2.75, 3.05) is 31.0 Å². The molecule has 8 nitrogen and oxygen atoms in total. The molecule has 0 radical (unpaired) electrons. The second-order valence-electron chi connectivity index (χ2n) is 12.2. The lowest BCUT2D eigenvalue weighted by molar-refractivity contribution is -0.141. The van der Waals surface area contributed by atoms with Gasteiger partial charge in [-0.05, 0) is 100 Å². The minimum absolute atomic E-state index is 0.295. The first-order valence-corrected chi connectivity index (χ1v) is 17.1. The van der Waals surface area contributed by atoms with E-state index >= 15 is 0 Å². The van der Waals surface area contributed by atoms with Crippen LogP contribution in [0.1, 0.15) is 95.4 Å². The summed E-state index contributed by atoms with van der Waals surface area (Å²) in [6, 6.07) is 11.3. The normalized spacial score (nSPS) is 12.6. The molecule has 2 unspecified atom stereocenters. The van der Waals surface area contributed by atoms with Crippen LogP contribution in [0.5, 0.6) is 5.75 Å². The Morgan fingerprint density at radius 2 is 1.55 bits per heavy atom. The lowest BCUT2D eigenvalue weighted by Crippen LogP contribution is -2.53. The highest BCUT2D eigenvalue weighted by molar-refractivity contribution is 7.98. The van der Waals surface area contributed by atoms with E-state index in [0.29, 0.717) is 30.2 Å². The number of rotatable bonds is 17.